The van der Waals surface area contributed by atoms with E-state index < -0.39 is 6.10 Å². The van der Waals surface area contributed by atoms with Crippen molar-refractivity contribution in [2.24, 2.45) is 5.92 Å². The minimum atomic E-state index is -0.476. The molecule has 3 nitrogen and oxygen atoms in total. The Bertz CT molecular complexity index is 426. The van der Waals surface area contributed by atoms with Gasteiger partial charge in [-0.2, -0.15) is 0 Å². The number of hydrogen-bond acceptors (Lipinski definition) is 3. The van der Waals surface area contributed by atoms with Gasteiger partial charge in [-0.25, -0.2) is 0 Å². The van der Waals surface area contributed by atoms with Gasteiger partial charge in [0.05, 0.1) is 20.3 Å². The molecule has 1 N–H and O–H groups in total. The van der Waals surface area contributed by atoms with Crippen LogP contribution in [0.3, 0.4) is 0 Å². The lowest BCUT2D eigenvalue weighted by Gasteiger charge is -2.25. The van der Waals surface area contributed by atoms with E-state index in [0.717, 1.165) is 30.6 Å². The Balaban J connectivity index is 2.23. The smallest absolute Gasteiger partial charge is 0.128 e. The van der Waals surface area contributed by atoms with Crippen LogP contribution in [0.5, 0.6) is 11.5 Å². The van der Waals surface area contributed by atoms with Gasteiger partial charge >= 0.3 is 0 Å². The van der Waals surface area contributed by atoms with Crippen LogP contribution in [0.4, 0.5) is 0 Å². The number of ether oxygens (including phenoxy) is 2. The summed E-state index contributed by atoms with van der Waals surface area (Å²) in [5, 5.41) is 10.5. The first-order valence-electron chi connectivity index (χ1n) is 6.31. The van der Waals surface area contributed by atoms with Crippen molar-refractivity contribution in [3.05, 3.63) is 35.9 Å². The predicted molar refractivity (Wildman–Crippen MR) is 71.0 cm³/mol. The van der Waals surface area contributed by atoms with E-state index in [2.05, 4.69) is 12.2 Å². The molecule has 0 aromatic heterocycles. The molecule has 1 aliphatic rings. The third kappa shape index (κ3) is 2.67. The molecule has 0 aliphatic heterocycles. The van der Waals surface area contributed by atoms with Crippen LogP contribution in [-0.4, -0.2) is 19.3 Å². The summed E-state index contributed by atoms with van der Waals surface area (Å²) >= 11 is 0. The van der Waals surface area contributed by atoms with Crippen LogP contribution in [0.25, 0.3) is 0 Å². The fourth-order valence-electron chi connectivity index (χ4n) is 2.42. The summed E-state index contributed by atoms with van der Waals surface area (Å²) in [5.74, 6) is 1.71. The van der Waals surface area contributed by atoms with Gasteiger partial charge in [-0.1, -0.05) is 12.2 Å². The lowest BCUT2D eigenvalue weighted by molar-refractivity contribution is 0.0996. The average Bonchev–Trinajstić information content (AvgIpc) is 2.46. The van der Waals surface area contributed by atoms with Gasteiger partial charge in [0.1, 0.15) is 11.5 Å². The molecule has 2 atom stereocenters. The highest BCUT2D eigenvalue weighted by molar-refractivity contribution is 5.42. The van der Waals surface area contributed by atoms with E-state index in [9.17, 15) is 5.11 Å². The van der Waals surface area contributed by atoms with Crippen molar-refractivity contribution in [2.75, 3.05) is 14.2 Å². The number of hydrogen-bond donors (Lipinski definition) is 1. The first-order chi connectivity index (χ1) is 8.76. The zero-order valence-electron chi connectivity index (χ0n) is 10.9. The second-order valence-electron chi connectivity index (χ2n) is 4.60. The zero-order chi connectivity index (χ0) is 13.0. The van der Waals surface area contributed by atoms with E-state index >= 15 is 0 Å². The molecule has 18 heavy (non-hydrogen) atoms. The van der Waals surface area contributed by atoms with Gasteiger partial charge in [-0.15, -0.1) is 0 Å². The van der Waals surface area contributed by atoms with E-state index in [1.54, 1.807) is 14.2 Å². The van der Waals surface area contributed by atoms with Crippen LogP contribution >= 0.6 is 0 Å². The molecular formula is C15H20O3. The van der Waals surface area contributed by atoms with E-state index in [0.29, 0.717) is 5.75 Å². The third-order valence-corrected chi connectivity index (χ3v) is 3.52. The van der Waals surface area contributed by atoms with E-state index in [1.165, 1.54) is 0 Å². The Morgan fingerprint density at radius 1 is 1.22 bits per heavy atom. The predicted octanol–water partition coefficient (Wildman–Crippen LogP) is 3.09. The topological polar surface area (TPSA) is 38.7 Å². The minimum absolute atomic E-state index is 0.275. The molecule has 0 amide bonds. The quantitative estimate of drug-likeness (QED) is 0.832. The second-order valence-corrected chi connectivity index (χ2v) is 4.60. The largest absolute Gasteiger partial charge is 0.497 e. The van der Waals surface area contributed by atoms with Crippen molar-refractivity contribution in [3.63, 3.8) is 0 Å². The fraction of sp³-hybridized carbons (Fsp3) is 0.467. The highest BCUT2D eigenvalue weighted by Crippen LogP contribution is 2.37. The lowest BCUT2D eigenvalue weighted by Crippen LogP contribution is -2.14. The van der Waals surface area contributed by atoms with Crippen molar-refractivity contribution in [1.82, 2.24) is 0 Å². The molecule has 0 spiro atoms. The van der Waals surface area contributed by atoms with E-state index in [-0.39, 0.29) is 5.92 Å². The summed E-state index contributed by atoms with van der Waals surface area (Å²) in [6.45, 7) is 0. The first kappa shape index (κ1) is 13.0. The number of rotatable bonds is 4. The van der Waals surface area contributed by atoms with Crippen LogP contribution in [-0.2, 0) is 0 Å². The minimum Gasteiger partial charge on any atom is -0.497 e. The molecular weight excluding hydrogens is 228 g/mol. The molecule has 0 saturated carbocycles. The highest BCUT2D eigenvalue weighted by atomic mass is 16.5. The van der Waals surface area contributed by atoms with Gasteiger partial charge in [-0.05, 0) is 37.3 Å². The standard InChI is InChI=1S/C15H20O3/c1-17-12-8-9-13(14(10-12)18-2)15(16)11-6-4-3-5-7-11/h3-4,8-11,15-16H,5-7H2,1-2H3. The summed E-state index contributed by atoms with van der Waals surface area (Å²) in [6.07, 6.45) is 6.83. The number of benzene rings is 1. The number of aliphatic hydroxyl groups is 1. The van der Waals surface area contributed by atoms with Crippen molar-refractivity contribution >= 4 is 0 Å². The maximum atomic E-state index is 10.5. The van der Waals surface area contributed by atoms with Crippen molar-refractivity contribution in [1.29, 1.82) is 0 Å². The van der Waals surface area contributed by atoms with Gasteiger partial charge in [0.2, 0.25) is 0 Å². The molecule has 0 saturated heterocycles. The van der Waals surface area contributed by atoms with Crippen LogP contribution in [0.1, 0.15) is 30.9 Å². The summed E-state index contributed by atoms with van der Waals surface area (Å²) in [5.41, 5.74) is 0.846. The molecule has 1 aromatic carbocycles. The Hall–Kier alpha value is -1.48. The maximum absolute atomic E-state index is 10.5. The summed E-state index contributed by atoms with van der Waals surface area (Å²) in [7, 11) is 3.24. The molecule has 0 radical (unpaired) electrons. The molecule has 0 bridgehead atoms. The van der Waals surface area contributed by atoms with Gasteiger partial charge < -0.3 is 14.6 Å². The normalized spacial score (nSPS) is 20.5. The Morgan fingerprint density at radius 3 is 2.67 bits per heavy atom. The number of aliphatic hydroxyl groups excluding tert-OH is 1. The second kappa shape index (κ2) is 5.91. The number of allylic oxidation sites excluding steroid dienone is 2. The summed E-state index contributed by atoms with van der Waals surface area (Å²) in [6, 6.07) is 5.57. The zero-order valence-corrected chi connectivity index (χ0v) is 10.9. The molecule has 1 aromatic rings. The van der Waals surface area contributed by atoms with Gasteiger partial charge in [0.15, 0.2) is 0 Å². The van der Waals surface area contributed by atoms with Crippen LogP contribution in [0.15, 0.2) is 30.4 Å². The van der Waals surface area contributed by atoms with Crippen molar-refractivity contribution in [2.45, 2.75) is 25.4 Å². The molecule has 0 fully saturated rings. The Kier molecular flexibility index (Phi) is 4.26. The third-order valence-electron chi connectivity index (χ3n) is 3.52. The summed E-state index contributed by atoms with van der Waals surface area (Å²) < 4.78 is 10.5. The van der Waals surface area contributed by atoms with Crippen LogP contribution < -0.4 is 9.47 Å². The monoisotopic (exact) mass is 248 g/mol. The molecule has 0 heterocycles. The number of methoxy groups -OCH3 is 2. The first-order valence-corrected chi connectivity index (χ1v) is 6.31. The maximum Gasteiger partial charge on any atom is 0.128 e. The van der Waals surface area contributed by atoms with Gasteiger partial charge in [0, 0.05) is 11.6 Å². The van der Waals surface area contributed by atoms with Crippen molar-refractivity contribution < 1.29 is 14.6 Å². The van der Waals surface area contributed by atoms with E-state index in [4.69, 9.17) is 9.47 Å². The SMILES string of the molecule is COc1ccc(C(O)C2CC=CCC2)c(OC)c1. The lowest BCUT2D eigenvalue weighted by atomic mass is 9.86. The van der Waals surface area contributed by atoms with Gasteiger partial charge in [0.25, 0.3) is 0 Å². The molecule has 3 heteroatoms. The van der Waals surface area contributed by atoms with Gasteiger partial charge in [-0.3, -0.25) is 0 Å². The Morgan fingerprint density at radius 2 is 2.06 bits per heavy atom. The van der Waals surface area contributed by atoms with E-state index in [1.807, 2.05) is 18.2 Å². The molecule has 98 valence electrons. The fourth-order valence-corrected chi connectivity index (χ4v) is 2.42. The molecule has 2 rings (SSSR count). The van der Waals surface area contributed by atoms with Crippen LogP contribution in [0, 0.1) is 5.92 Å². The molecule has 1 aliphatic carbocycles. The average molecular weight is 248 g/mol. The summed E-state index contributed by atoms with van der Waals surface area (Å²) in [4.78, 5) is 0. The van der Waals surface area contributed by atoms with Crippen LogP contribution in [0.2, 0.25) is 0 Å². The Labute approximate surface area is 108 Å². The highest BCUT2D eigenvalue weighted by Gasteiger charge is 2.24. The molecule has 2 unspecified atom stereocenters. The van der Waals surface area contributed by atoms with Crippen molar-refractivity contribution in [3.8, 4) is 11.5 Å².